The molecule has 2 aliphatic rings. The molecule has 30 heavy (non-hydrogen) atoms. The summed E-state index contributed by atoms with van der Waals surface area (Å²) in [5, 5.41) is 6.46. The zero-order chi connectivity index (χ0) is 20.8. The molecule has 2 amide bonds. The van der Waals surface area contributed by atoms with Crippen molar-refractivity contribution < 1.29 is 4.79 Å². The molecule has 0 radical (unpaired) electrons. The maximum atomic E-state index is 12.4. The first kappa shape index (κ1) is 20.3. The number of anilines is 1. The average molecular weight is 406 g/mol. The van der Waals surface area contributed by atoms with Gasteiger partial charge < -0.3 is 20.4 Å². The Bertz CT molecular complexity index is 904. The van der Waals surface area contributed by atoms with E-state index in [1.54, 1.807) is 0 Å². The van der Waals surface area contributed by atoms with Crippen LogP contribution in [0.3, 0.4) is 0 Å². The highest BCUT2D eigenvalue weighted by atomic mass is 16.2. The van der Waals surface area contributed by atoms with E-state index in [0.717, 1.165) is 69.2 Å². The van der Waals surface area contributed by atoms with Crippen LogP contribution in [0.25, 0.3) is 0 Å². The fourth-order valence-corrected chi connectivity index (χ4v) is 4.14. The van der Waals surface area contributed by atoms with Gasteiger partial charge in [0.25, 0.3) is 0 Å². The molecule has 2 heterocycles. The number of carbonyl (C=O) groups excluding carboxylic acids is 1. The minimum absolute atomic E-state index is 0.00604. The lowest BCUT2D eigenvalue weighted by Crippen LogP contribution is -2.44. The van der Waals surface area contributed by atoms with Crippen molar-refractivity contribution in [1.82, 2.24) is 15.1 Å². The number of carbonyl (C=O) groups is 1. The number of nitrogens with zero attached hydrogens (tertiary/aromatic N) is 3. The van der Waals surface area contributed by atoms with E-state index in [0.29, 0.717) is 6.54 Å². The summed E-state index contributed by atoms with van der Waals surface area (Å²) < 4.78 is 0. The minimum Gasteiger partial charge on any atom is -0.356 e. The third-order valence-corrected chi connectivity index (χ3v) is 5.75. The van der Waals surface area contributed by atoms with Crippen molar-refractivity contribution >= 4 is 17.7 Å². The second-order valence-electron chi connectivity index (χ2n) is 7.94. The van der Waals surface area contributed by atoms with E-state index in [1.165, 1.54) is 11.1 Å². The van der Waals surface area contributed by atoms with Crippen molar-refractivity contribution in [3.05, 3.63) is 65.2 Å². The minimum atomic E-state index is -0.00604. The molecular weight excluding hydrogens is 374 g/mol. The van der Waals surface area contributed by atoms with E-state index in [-0.39, 0.29) is 6.03 Å². The fourth-order valence-electron chi connectivity index (χ4n) is 4.14. The third-order valence-electron chi connectivity index (χ3n) is 5.75. The van der Waals surface area contributed by atoms with Gasteiger partial charge >= 0.3 is 6.03 Å². The van der Waals surface area contributed by atoms with Crippen LogP contribution in [0.1, 0.15) is 36.5 Å². The van der Waals surface area contributed by atoms with Gasteiger partial charge in [0.1, 0.15) is 0 Å². The number of rotatable bonds is 4. The summed E-state index contributed by atoms with van der Waals surface area (Å²) in [6.45, 7) is 7.06. The maximum absolute atomic E-state index is 12.4. The topological polar surface area (TPSA) is 60.0 Å². The molecule has 0 saturated carbocycles. The lowest BCUT2D eigenvalue weighted by molar-refractivity contribution is 0.222. The monoisotopic (exact) mass is 405 g/mol. The first-order valence-corrected chi connectivity index (χ1v) is 11.0. The molecule has 6 nitrogen and oxygen atoms in total. The summed E-state index contributed by atoms with van der Waals surface area (Å²) in [6.07, 6.45) is 3.23. The summed E-state index contributed by atoms with van der Waals surface area (Å²) in [6, 6.07) is 16.6. The first-order chi connectivity index (χ1) is 14.7. The van der Waals surface area contributed by atoms with E-state index in [4.69, 9.17) is 4.99 Å². The normalized spacial score (nSPS) is 16.4. The molecule has 0 aliphatic carbocycles. The molecule has 2 aliphatic heterocycles. The van der Waals surface area contributed by atoms with Crippen molar-refractivity contribution in [1.29, 1.82) is 0 Å². The van der Waals surface area contributed by atoms with E-state index < -0.39 is 0 Å². The number of benzene rings is 2. The molecule has 0 unspecified atom stereocenters. The molecule has 158 valence electrons. The van der Waals surface area contributed by atoms with Gasteiger partial charge in [-0.25, -0.2) is 9.79 Å². The number of amides is 2. The second kappa shape index (κ2) is 9.65. The number of likely N-dealkylation sites (tertiary alicyclic amines) is 1. The molecule has 4 rings (SSSR count). The Morgan fingerprint density at radius 3 is 2.60 bits per heavy atom. The summed E-state index contributed by atoms with van der Waals surface area (Å²) in [5.41, 5.74) is 4.73. The molecule has 2 N–H and O–H groups in total. The number of guanidine groups is 1. The second-order valence-corrected chi connectivity index (χ2v) is 7.94. The van der Waals surface area contributed by atoms with Gasteiger partial charge in [-0.05, 0) is 55.0 Å². The standard InChI is InChI=1S/C24H31N5O/c1-2-25-23(29-15-12-20-9-3-4-10-21(20)18-29)26-17-19-8-7-11-22(16-19)27-24(30)28-13-5-6-14-28/h3-4,7-11,16H,2,5-6,12-15,17-18H2,1H3,(H,25,26)(H,27,30). The Labute approximate surface area is 179 Å². The van der Waals surface area contributed by atoms with Crippen molar-refractivity contribution in [3.8, 4) is 0 Å². The van der Waals surface area contributed by atoms with Crippen molar-refractivity contribution in [2.75, 3.05) is 31.5 Å². The van der Waals surface area contributed by atoms with Gasteiger partial charge in [0.05, 0.1) is 6.54 Å². The summed E-state index contributed by atoms with van der Waals surface area (Å²) in [4.78, 5) is 21.4. The van der Waals surface area contributed by atoms with Gasteiger partial charge in [-0.15, -0.1) is 0 Å². The number of hydrogen-bond acceptors (Lipinski definition) is 2. The van der Waals surface area contributed by atoms with Crippen LogP contribution in [0.15, 0.2) is 53.5 Å². The van der Waals surface area contributed by atoms with Crippen LogP contribution in [-0.4, -0.2) is 48.0 Å². The highest BCUT2D eigenvalue weighted by molar-refractivity contribution is 5.89. The zero-order valence-electron chi connectivity index (χ0n) is 17.7. The van der Waals surface area contributed by atoms with Crippen LogP contribution in [0.5, 0.6) is 0 Å². The number of urea groups is 1. The van der Waals surface area contributed by atoms with Crippen LogP contribution >= 0.6 is 0 Å². The third kappa shape index (κ3) is 4.93. The Morgan fingerprint density at radius 1 is 1.00 bits per heavy atom. The Kier molecular flexibility index (Phi) is 6.52. The molecule has 0 bridgehead atoms. The van der Waals surface area contributed by atoms with E-state index in [1.807, 2.05) is 23.1 Å². The van der Waals surface area contributed by atoms with E-state index in [2.05, 4.69) is 52.8 Å². The molecule has 1 saturated heterocycles. The lowest BCUT2D eigenvalue weighted by Gasteiger charge is -2.31. The van der Waals surface area contributed by atoms with E-state index in [9.17, 15) is 4.79 Å². The highest BCUT2D eigenvalue weighted by Gasteiger charge is 2.19. The van der Waals surface area contributed by atoms with Gasteiger partial charge in [0.15, 0.2) is 5.96 Å². The summed E-state index contributed by atoms with van der Waals surface area (Å²) >= 11 is 0. The largest absolute Gasteiger partial charge is 0.356 e. The zero-order valence-corrected chi connectivity index (χ0v) is 17.7. The van der Waals surface area contributed by atoms with Gasteiger partial charge in [0.2, 0.25) is 0 Å². The Balaban J connectivity index is 1.42. The van der Waals surface area contributed by atoms with Crippen LogP contribution in [0.2, 0.25) is 0 Å². The predicted octanol–water partition coefficient (Wildman–Crippen LogP) is 3.84. The van der Waals surface area contributed by atoms with Gasteiger partial charge in [-0.3, -0.25) is 0 Å². The predicted molar refractivity (Wildman–Crippen MR) is 122 cm³/mol. The van der Waals surface area contributed by atoms with Crippen molar-refractivity contribution in [3.63, 3.8) is 0 Å². The Hall–Kier alpha value is -3.02. The van der Waals surface area contributed by atoms with Crippen LogP contribution in [0.4, 0.5) is 10.5 Å². The summed E-state index contributed by atoms with van der Waals surface area (Å²) in [7, 11) is 0. The van der Waals surface area contributed by atoms with Crippen LogP contribution < -0.4 is 10.6 Å². The number of nitrogens with one attached hydrogen (secondary N) is 2. The molecule has 0 spiro atoms. The lowest BCUT2D eigenvalue weighted by atomic mass is 10.0. The smallest absolute Gasteiger partial charge is 0.321 e. The first-order valence-electron chi connectivity index (χ1n) is 11.0. The van der Waals surface area contributed by atoms with Gasteiger partial charge in [-0.2, -0.15) is 0 Å². The number of hydrogen-bond donors (Lipinski definition) is 2. The van der Waals surface area contributed by atoms with Crippen LogP contribution in [0, 0.1) is 0 Å². The molecule has 0 aromatic heterocycles. The maximum Gasteiger partial charge on any atom is 0.321 e. The molecule has 2 aromatic rings. The van der Waals surface area contributed by atoms with Crippen LogP contribution in [-0.2, 0) is 19.5 Å². The molecule has 6 heteroatoms. The summed E-state index contributed by atoms with van der Waals surface area (Å²) in [5.74, 6) is 0.943. The SMILES string of the molecule is CCNC(=NCc1cccc(NC(=O)N2CCCC2)c1)N1CCc2ccccc2C1. The van der Waals surface area contributed by atoms with Crippen molar-refractivity contribution in [2.24, 2.45) is 4.99 Å². The number of fused-ring (bicyclic) bond motifs is 1. The van der Waals surface area contributed by atoms with E-state index >= 15 is 0 Å². The molecule has 0 atom stereocenters. The highest BCUT2D eigenvalue weighted by Crippen LogP contribution is 2.19. The fraction of sp³-hybridized carbons (Fsp3) is 0.417. The molecular formula is C24H31N5O. The molecule has 2 aromatic carbocycles. The van der Waals surface area contributed by atoms with Crippen molar-refractivity contribution in [2.45, 2.75) is 39.3 Å². The quantitative estimate of drug-likeness (QED) is 0.600. The van der Waals surface area contributed by atoms with Gasteiger partial charge in [-0.1, -0.05) is 36.4 Å². The molecule has 1 fully saturated rings. The average Bonchev–Trinajstić information content (AvgIpc) is 3.32. The van der Waals surface area contributed by atoms with Gasteiger partial charge in [0, 0.05) is 38.4 Å². The number of aliphatic imine (C=N–C) groups is 1. The Morgan fingerprint density at radius 2 is 1.80 bits per heavy atom.